The number of imidazole rings is 2. The summed E-state index contributed by atoms with van der Waals surface area (Å²) in [5.74, 6) is 0.486. The molecule has 0 saturated carbocycles. The number of H-pyrrole nitrogens is 1. The van der Waals surface area contributed by atoms with Gasteiger partial charge in [0.2, 0.25) is 5.95 Å². The van der Waals surface area contributed by atoms with E-state index in [1.54, 1.807) is 10.9 Å². The highest BCUT2D eigenvalue weighted by molar-refractivity contribution is 5.88. The van der Waals surface area contributed by atoms with Crippen molar-refractivity contribution in [3.05, 3.63) is 71.4 Å². The van der Waals surface area contributed by atoms with Crippen molar-refractivity contribution in [1.82, 2.24) is 29.1 Å². The average molecular weight is 412 g/mol. The molecule has 0 spiro atoms. The smallest absolute Gasteiger partial charge is 0.327 e. The molecule has 1 aliphatic heterocycles. The molecule has 8 nitrogen and oxygen atoms in total. The van der Waals surface area contributed by atoms with Gasteiger partial charge in [-0.25, -0.2) is 14.8 Å². The highest BCUT2D eigenvalue weighted by Gasteiger charge is 2.24. The maximum absolute atomic E-state index is 13.0. The third-order valence-corrected chi connectivity index (χ3v) is 5.83. The molecule has 1 fully saturated rings. The molecule has 3 aromatic heterocycles. The molecule has 5 aromatic rings. The molecule has 0 radical (unpaired) electrons. The molecule has 8 heteroatoms. The number of fused-ring (bicyclic) bond motifs is 2. The maximum Gasteiger partial charge on any atom is 0.327 e. The minimum Gasteiger partial charge on any atom is -0.381 e. The quantitative estimate of drug-likeness (QED) is 0.490. The van der Waals surface area contributed by atoms with E-state index >= 15 is 0 Å². The van der Waals surface area contributed by atoms with Gasteiger partial charge in [0.25, 0.3) is 0 Å². The molecule has 0 bridgehead atoms. The molecule has 1 aliphatic rings. The van der Waals surface area contributed by atoms with E-state index in [0.717, 1.165) is 29.4 Å². The van der Waals surface area contributed by atoms with Crippen LogP contribution in [0.2, 0.25) is 0 Å². The average Bonchev–Trinajstić information content (AvgIpc) is 3.40. The van der Waals surface area contributed by atoms with Gasteiger partial charge in [-0.3, -0.25) is 9.13 Å². The number of aromatic amines is 1. The normalized spacial score (nSPS) is 15.1. The Morgan fingerprint density at radius 2 is 1.74 bits per heavy atom. The fourth-order valence-electron chi connectivity index (χ4n) is 4.30. The number of rotatable bonds is 3. The Bertz CT molecular complexity index is 1440. The number of nitrogens with one attached hydrogen (secondary N) is 1. The second-order valence-electron chi connectivity index (χ2n) is 7.68. The first-order valence-electron chi connectivity index (χ1n) is 10.4. The molecule has 1 saturated heterocycles. The van der Waals surface area contributed by atoms with E-state index in [0.29, 0.717) is 36.0 Å². The predicted octanol–water partition coefficient (Wildman–Crippen LogP) is 3.48. The van der Waals surface area contributed by atoms with Crippen molar-refractivity contribution in [2.45, 2.75) is 18.9 Å². The Labute approximate surface area is 177 Å². The molecule has 31 heavy (non-hydrogen) atoms. The first kappa shape index (κ1) is 18.0. The summed E-state index contributed by atoms with van der Waals surface area (Å²) in [6.07, 6.45) is 3.28. The number of hydrogen-bond donors (Lipinski definition) is 1. The van der Waals surface area contributed by atoms with Gasteiger partial charge in [0.15, 0.2) is 5.65 Å². The molecule has 4 heterocycles. The standard InChI is InChI=1S/C23H20N6O2/c30-23-26-20-19(15-6-2-1-3-7-15)25-22(28-14-24-17-8-4-5-9-18(17)28)27-21(20)29(23)16-10-12-31-13-11-16/h1-9,14,16H,10-13H2,(H,26,30). The Balaban J connectivity index is 1.65. The Kier molecular flexibility index (Phi) is 4.17. The number of para-hydroxylation sites is 2. The van der Waals surface area contributed by atoms with Gasteiger partial charge in [-0.1, -0.05) is 42.5 Å². The van der Waals surface area contributed by atoms with Gasteiger partial charge in [0, 0.05) is 24.8 Å². The molecule has 0 amide bonds. The molecule has 154 valence electrons. The molecular formula is C23H20N6O2. The van der Waals surface area contributed by atoms with E-state index in [-0.39, 0.29) is 11.7 Å². The first-order valence-corrected chi connectivity index (χ1v) is 10.4. The Morgan fingerprint density at radius 1 is 0.968 bits per heavy atom. The minimum absolute atomic E-state index is 0.0425. The van der Waals surface area contributed by atoms with Crippen LogP contribution in [0.25, 0.3) is 39.4 Å². The van der Waals surface area contributed by atoms with Gasteiger partial charge in [0.05, 0.1) is 11.0 Å². The van der Waals surface area contributed by atoms with Gasteiger partial charge < -0.3 is 9.72 Å². The zero-order valence-electron chi connectivity index (χ0n) is 16.7. The van der Waals surface area contributed by atoms with Gasteiger partial charge >= 0.3 is 5.69 Å². The van der Waals surface area contributed by atoms with Crippen molar-refractivity contribution in [3.63, 3.8) is 0 Å². The van der Waals surface area contributed by atoms with Crippen molar-refractivity contribution in [2.75, 3.05) is 13.2 Å². The van der Waals surface area contributed by atoms with Crippen LogP contribution in [0, 0.1) is 0 Å². The zero-order valence-corrected chi connectivity index (χ0v) is 16.7. The van der Waals surface area contributed by atoms with E-state index in [4.69, 9.17) is 14.7 Å². The molecule has 0 unspecified atom stereocenters. The molecule has 0 aliphatic carbocycles. The number of ether oxygens (including phenoxy) is 1. The lowest BCUT2D eigenvalue weighted by Crippen LogP contribution is -2.27. The van der Waals surface area contributed by atoms with Crippen molar-refractivity contribution >= 4 is 22.2 Å². The van der Waals surface area contributed by atoms with Crippen molar-refractivity contribution in [2.24, 2.45) is 0 Å². The summed E-state index contributed by atoms with van der Waals surface area (Å²) in [7, 11) is 0. The van der Waals surface area contributed by atoms with E-state index in [1.165, 1.54) is 0 Å². The van der Waals surface area contributed by atoms with Crippen LogP contribution in [0.4, 0.5) is 0 Å². The van der Waals surface area contributed by atoms with Crippen LogP contribution in [0.15, 0.2) is 65.7 Å². The second kappa shape index (κ2) is 7.17. The molecule has 1 N–H and O–H groups in total. The summed E-state index contributed by atoms with van der Waals surface area (Å²) >= 11 is 0. The lowest BCUT2D eigenvalue weighted by molar-refractivity contribution is 0.0697. The van der Waals surface area contributed by atoms with E-state index in [1.807, 2.05) is 59.2 Å². The van der Waals surface area contributed by atoms with E-state index in [9.17, 15) is 4.79 Å². The largest absolute Gasteiger partial charge is 0.381 e. The lowest BCUT2D eigenvalue weighted by Gasteiger charge is -2.23. The number of nitrogens with zero attached hydrogens (tertiary/aromatic N) is 5. The van der Waals surface area contributed by atoms with Gasteiger partial charge in [-0.05, 0) is 25.0 Å². The summed E-state index contributed by atoms with van der Waals surface area (Å²) in [4.78, 5) is 30.2. The molecule has 2 aromatic carbocycles. The molecular weight excluding hydrogens is 392 g/mol. The molecule has 0 atom stereocenters. The third-order valence-electron chi connectivity index (χ3n) is 5.83. The van der Waals surface area contributed by atoms with Crippen molar-refractivity contribution < 1.29 is 4.74 Å². The van der Waals surface area contributed by atoms with Crippen LogP contribution >= 0.6 is 0 Å². The Morgan fingerprint density at radius 3 is 2.58 bits per heavy atom. The second-order valence-corrected chi connectivity index (χ2v) is 7.68. The predicted molar refractivity (Wildman–Crippen MR) is 117 cm³/mol. The summed E-state index contributed by atoms with van der Waals surface area (Å²) < 4.78 is 9.14. The van der Waals surface area contributed by atoms with Crippen LogP contribution in [-0.4, -0.2) is 42.3 Å². The van der Waals surface area contributed by atoms with Crippen molar-refractivity contribution in [1.29, 1.82) is 0 Å². The number of benzene rings is 2. The fraction of sp³-hybridized carbons (Fsp3) is 0.217. The van der Waals surface area contributed by atoms with Gasteiger partial charge in [0.1, 0.15) is 17.5 Å². The van der Waals surface area contributed by atoms with E-state index < -0.39 is 0 Å². The van der Waals surface area contributed by atoms with Crippen LogP contribution in [0.3, 0.4) is 0 Å². The zero-order chi connectivity index (χ0) is 20.8. The number of aromatic nitrogens is 6. The fourth-order valence-corrected chi connectivity index (χ4v) is 4.30. The SMILES string of the molecule is O=c1[nH]c2c(-c3ccccc3)nc(-n3cnc4ccccc43)nc2n1C1CCOCC1. The summed E-state index contributed by atoms with van der Waals surface area (Å²) in [6.45, 7) is 1.28. The van der Waals surface area contributed by atoms with Crippen LogP contribution < -0.4 is 5.69 Å². The first-order chi connectivity index (χ1) is 15.3. The van der Waals surface area contributed by atoms with Crippen molar-refractivity contribution in [3.8, 4) is 17.2 Å². The molecule has 6 rings (SSSR count). The topological polar surface area (TPSA) is 90.6 Å². The van der Waals surface area contributed by atoms with Gasteiger partial charge in [-0.2, -0.15) is 4.98 Å². The number of hydrogen-bond acceptors (Lipinski definition) is 5. The highest BCUT2D eigenvalue weighted by atomic mass is 16.5. The third kappa shape index (κ3) is 2.95. The summed E-state index contributed by atoms with van der Waals surface area (Å²) in [5.41, 5.74) is 4.48. The summed E-state index contributed by atoms with van der Waals surface area (Å²) in [5, 5.41) is 0. The highest BCUT2D eigenvalue weighted by Crippen LogP contribution is 2.29. The van der Waals surface area contributed by atoms with Crippen LogP contribution in [0.5, 0.6) is 0 Å². The van der Waals surface area contributed by atoms with Crippen LogP contribution in [-0.2, 0) is 4.74 Å². The van der Waals surface area contributed by atoms with Crippen LogP contribution in [0.1, 0.15) is 18.9 Å². The van der Waals surface area contributed by atoms with Gasteiger partial charge in [-0.15, -0.1) is 0 Å². The van der Waals surface area contributed by atoms with E-state index in [2.05, 4.69) is 9.97 Å². The Hall–Kier alpha value is -3.78. The minimum atomic E-state index is -0.166. The lowest BCUT2D eigenvalue weighted by atomic mass is 10.1. The summed E-state index contributed by atoms with van der Waals surface area (Å²) in [6, 6.07) is 17.8. The monoisotopic (exact) mass is 412 g/mol. The maximum atomic E-state index is 13.0.